The second-order valence-corrected chi connectivity index (χ2v) is 12.6. The summed E-state index contributed by atoms with van der Waals surface area (Å²) in [7, 11) is 1.32. The molecule has 0 aromatic carbocycles. The summed E-state index contributed by atoms with van der Waals surface area (Å²) in [6.07, 6.45) is -0.836. The van der Waals surface area contributed by atoms with Crippen molar-refractivity contribution in [2.24, 2.45) is 39.4 Å². The van der Waals surface area contributed by atoms with Crippen molar-refractivity contribution in [3.8, 4) is 0 Å². The Morgan fingerprint density at radius 1 is 1.08 bits per heavy atom. The Morgan fingerprint density at radius 2 is 1.72 bits per heavy atom. The molecule has 0 spiro atoms. The van der Waals surface area contributed by atoms with Crippen molar-refractivity contribution < 1.29 is 39.2 Å². The quantitative estimate of drug-likeness (QED) is 0.484. The Hall–Kier alpha value is -1.90. The van der Waals surface area contributed by atoms with E-state index in [1.807, 2.05) is 13.8 Å². The molecule has 0 radical (unpaired) electrons. The van der Waals surface area contributed by atoms with Crippen molar-refractivity contribution in [1.82, 2.24) is 0 Å². The molecule has 4 aliphatic rings. The number of fused-ring (bicyclic) bond motifs is 4. The molecule has 36 heavy (non-hydrogen) atoms. The first-order valence-corrected chi connectivity index (χ1v) is 13.1. The third kappa shape index (κ3) is 3.16. The van der Waals surface area contributed by atoms with Crippen LogP contribution in [0.5, 0.6) is 0 Å². The van der Waals surface area contributed by atoms with Crippen molar-refractivity contribution in [1.29, 1.82) is 0 Å². The zero-order chi connectivity index (χ0) is 27.0. The van der Waals surface area contributed by atoms with E-state index >= 15 is 0 Å². The van der Waals surface area contributed by atoms with E-state index in [2.05, 4.69) is 0 Å². The van der Waals surface area contributed by atoms with Gasteiger partial charge in [-0.3, -0.25) is 19.2 Å². The second kappa shape index (κ2) is 8.57. The van der Waals surface area contributed by atoms with Gasteiger partial charge in [0.25, 0.3) is 0 Å². The van der Waals surface area contributed by atoms with Gasteiger partial charge >= 0.3 is 5.97 Å². The predicted molar refractivity (Wildman–Crippen MR) is 129 cm³/mol. The molecule has 200 valence electrons. The van der Waals surface area contributed by atoms with Crippen LogP contribution in [0.15, 0.2) is 11.1 Å². The molecule has 2 saturated carbocycles. The molecule has 2 fully saturated rings. The number of aliphatic hydroxyl groups is 3. The van der Waals surface area contributed by atoms with Crippen LogP contribution in [0.25, 0.3) is 0 Å². The highest BCUT2D eigenvalue weighted by atomic mass is 16.5. The summed E-state index contributed by atoms with van der Waals surface area (Å²) >= 11 is 0. The standard InChI is InChI=1S/C28H40O8/c1-14(7-8-20(33)36-6)15-11-19(32)28(5)21-16(30)12-17-25(2,10-9-18(31)26(17,3)13-29)22(21)23(34)24(35)27(15,28)4/h14-15,17-18,24,29,31,35H,7-13H2,1-6H3/t14-,15-,17-,18+,24-,25+,26+,27+,28+/m1/s1. The van der Waals surface area contributed by atoms with Crippen LogP contribution >= 0.6 is 0 Å². The van der Waals surface area contributed by atoms with Crippen LogP contribution in [0.1, 0.15) is 73.1 Å². The fraction of sp³-hybridized carbons (Fsp3) is 0.786. The summed E-state index contributed by atoms with van der Waals surface area (Å²) in [6.45, 7) is 8.65. The second-order valence-electron chi connectivity index (χ2n) is 12.6. The van der Waals surface area contributed by atoms with E-state index in [1.165, 1.54) is 7.11 Å². The number of ether oxygens (including phenoxy) is 1. The maximum atomic E-state index is 14.1. The zero-order valence-electron chi connectivity index (χ0n) is 22.2. The summed E-state index contributed by atoms with van der Waals surface area (Å²) in [5.41, 5.74) is -3.96. The summed E-state index contributed by atoms with van der Waals surface area (Å²) < 4.78 is 4.76. The molecule has 4 aliphatic carbocycles. The van der Waals surface area contributed by atoms with Gasteiger partial charge in [-0.1, -0.05) is 27.7 Å². The van der Waals surface area contributed by atoms with Gasteiger partial charge in [-0.25, -0.2) is 0 Å². The molecule has 9 atom stereocenters. The molecule has 0 aromatic heterocycles. The molecule has 0 heterocycles. The number of ketones is 3. The first kappa shape index (κ1) is 27.1. The number of carbonyl (C=O) groups is 4. The van der Waals surface area contributed by atoms with Gasteiger partial charge < -0.3 is 20.1 Å². The minimum absolute atomic E-state index is 0.0222. The highest BCUT2D eigenvalue weighted by molar-refractivity contribution is 6.17. The smallest absolute Gasteiger partial charge is 0.305 e. The number of Topliss-reactive ketones (excluding diaryl/α,β-unsaturated/α-hetero) is 3. The lowest BCUT2D eigenvalue weighted by Gasteiger charge is -2.61. The average Bonchev–Trinajstić information content (AvgIpc) is 3.06. The van der Waals surface area contributed by atoms with Crippen LogP contribution in [-0.2, 0) is 23.9 Å². The van der Waals surface area contributed by atoms with E-state index in [0.717, 1.165) is 0 Å². The van der Waals surface area contributed by atoms with Gasteiger partial charge in [-0.15, -0.1) is 0 Å². The minimum Gasteiger partial charge on any atom is -0.469 e. The topological polar surface area (TPSA) is 138 Å². The SMILES string of the molecule is COC(=O)CC[C@@H](C)[C@H]1CC(=O)[C@@]2(C)C3=C(C(=O)[C@@H](O)[C@]12C)[C@@]1(C)CC[C@H](O)[C@@](C)(CO)[C@@H]1CC3=O. The third-order valence-corrected chi connectivity index (χ3v) is 11.2. The van der Waals surface area contributed by atoms with Crippen molar-refractivity contribution >= 4 is 23.3 Å². The maximum absolute atomic E-state index is 14.1. The summed E-state index contributed by atoms with van der Waals surface area (Å²) in [6, 6.07) is 0. The Bertz CT molecular complexity index is 1050. The Morgan fingerprint density at radius 3 is 2.31 bits per heavy atom. The highest BCUT2D eigenvalue weighted by Crippen LogP contribution is 2.70. The van der Waals surface area contributed by atoms with E-state index < -0.39 is 51.5 Å². The number of hydrogen-bond donors (Lipinski definition) is 3. The Kier molecular flexibility index (Phi) is 6.46. The molecule has 8 nitrogen and oxygen atoms in total. The average molecular weight is 505 g/mol. The van der Waals surface area contributed by atoms with Crippen LogP contribution in [0.2, 0.25) is 0 Å². The van der Waals surface area contributed by atoms with E-state index in [4.69, 9.17) is 4.74 Å². The molecular formula is C28H40O8. The predicted octanol–water partition coefficient (Wildman–Crippen LogP) is 2.17. The number of methoxy groups -OCH3 is 1. The van der Waals surface area contributed by atoms with Gasteiger partial charge in [0.05, 0.1) is 25.2 Å². The van der Waals surface area contributed by atoms with Gasteiger partial charge in [0.2, 0.25) is 0 Å². The Balaban J connectivity index is 1.87. The monoisotopic (exact) mass is 504 g/mol. The highest BCUT2D eigenvalue weighted by Gasteiger charge is 2.73. The van der Waals surface area contributed by atoms with E-state index in [-0.39, 0.29) is 60.5 Å². The minimum atomic E-state index is -1.49. The Labute approximate surface area is 212 Å². The number of carbonyl (C=O) groups excluding carboxylic acids is 4. The molecule has 0 unspecified atom stereocenters. The number of hydrogen-bond acceptors (Lipinski definition) is 8. The van der Waals surface area contributed by atoms with Crippen molar-refractivity contribution in [3.05, 3.63) is 11.1 Å². The lowest BCUT2D eigenvalue weighted by Crippen LogP contribution is -2.65. The lowest BCUT2D eigenvalue weighted by atomic mass is 9.42. The van der Waals surface area contributed by atoms with E-state index in [0.29, 0.717) is 19.3 Å². The van der Waals surface area contributed by atoms with Crippen molar-refractivity contribution in [3.63, 3.8) is 0 Å². The molecule has 3 N–H and O–H groups in total. The lowest BCUT2D eigenvalue weighted by molar-refractivity contribution is -0.163. The maximum Gasteiger partial charge on any atom is 0.305 e. The fourth-order valence-electron chi connectivity index (χ4n) is 8.54. The summed E-state index contributed by atoms with van der Waals surface area (Å²) in [5, 5.41) is 32.7. The molecule has 0 bridgehead atoms. The molecular weight excluding hydrogens is 464 g/mol. The molecule has 0 saturated heterocycles. The number of aliphatic hydroxyl groups excluding tert-OH is 3. The van der Waals surface area contributed by atoms with E-state index in [1.54, 1.807) is 20.8 Å². The molecule has 0 amide bonds. The van der Waals surface area contributed by atoms with Crippen molar-refractivity contribution in [2.45, 2.75) is 85.4 Å². The van der Waals surface area contributed by atoms with Crippen LogP contribution < -0.4 is 0 Å². The zero-order valence-corrected chi connectivity index (χ0v) is 22.2. The molecule has 8 heteroatoms. The van der Waals surface area contributed by atoms with Crippen molar-refractivity contribution in [2.75, 3.05) is 13.7 Å². The third-order valence-electron chi connectivity index (χ3n) is 11.2. The van der Waals surface area contributed by atoms with Gasteiger partial charge in [-0.2, -0.15) is 0 Å². The number of esters is 1. The summed E-state index contributed by atoms with van der Waals surface area (Å²) in [4.78, 5) is 53.5. The molecule has 0 aliphatic heterocycles. The normalized spacial score (nSPS) is 45.2. The number of allylic oxidation sites excluding steroid dienone is 1. The number of rotatable bonds is 5. The fourth-order valence-corrected chi connectivity index (χ4v) is 8.54. The van der Waals surface area contributed by atoms with Gasteiger partial charge in [0.1, 0.15) is 11.9 Å². The van der Waals surface area contributed by atoms with Gasteiger partial charge in [0, 0.05) is 46.7 Å². The molecule has 4 rings (SSSR count). The van der Waals surface area contributed by atoms with E-state index in [9.17, 15) is 34.5 Å². The van der Waals surface area contributed by atoms with Crippen LogP contribution in [0, 0.1) is 39.4 Å². The first-order valence-electron chi connectivity index (χ1n) is 13.1. The van der Waals surface area contributed by atoms with Crippen LogP contribution in [0.4, 0.5) is 0 Å². The first-order chi connectivity index (χ1) is 16.7. The van der Waals surface area contributed by atoms with Crippen LogP contribution in [0.3, 0.4) is 0 Å². The molecule has 0 aromatic rings. The van der Waals surface area contributed by atoms with Gasteiger partial charge in [0.15, 0.2) is 11.6 Å². The largest absolute Gasteiger partial charge is 0.469 e. The summed E-state index contributed by atoms with van der Waals surface area (Å²) in [5.74, 6) is -2.45. The van der Waals surface area contributed by atoms with Gasteiger partial charge in [-0.05, 0) is 43.9 Å². The van der Waals surface area contributed by atoms with Crippen LogP contribution in [-0.4, -0.2) is 64.6 Å².